The number of hydrogen-bond acceptors (Lipinski definition) is 2. The second-order valence-corrected chi connectivity index (χ2v) is 16.3. The third kappa shape index (κ3) is 7.01. The van der Waals surface area contributed by atoms with Crippen LogP contribution < -0.4 is 9.80 Å². The SMILES string of the molecule is Cc1c(C)c([C@H](C)c2ccccc2)c(N2CCN(c3c([C@H](C)c4ccccc4)c(C)c(C)c(C)c3[C@H](C)c3ccccc3)C2)c([C@H](C)c2ccccc2)c1C. The lowest BCUT2D eigenvalue weighted by molar-refractivity contribution is 0.816. The standard InChI is InChI=1S/C53H60N2/c1-34-36(3)48(40(7)44-23-15-11-16-24-44)52(49(37(34)4)41(8)45-25-17-12-18-26-45)54-31-32-55(33-54)53-50(42(9)46-27-19-13-20-28-46)38(5)35(2)39(6)51(53)43(10)47-29-21-14-22-30-47/h11-30,40-43H,31-33H2,1-10H3/t40-,41-,42-,43-/m1/s1. The Bertz CT molecular complexity index is 1950. The highest BCUT2D eigenvalue weighted by Crippen LogP contribution is 2.49. The third-order valence-corrected chi connectivity index (χ3v) is 13.4. The van der Waals surface area contributed by atoms with Crippen LogP contribution in [0.2, 0.25) is 0 Å². The highest BCUT2D eigenvalue weighted by atomic mass is 15.4. The van der Waals surface area contributed by atoms with Gasteiger partial charge >= 0.3 is 0 Å². The molecule has 4 atom stereocenters. The first kappa shape index (κ1) is 38.2. The Labute approximate surface area is 331 Å². The summed E-state index contributed by atoms with van der Waals surface area (Å²) in [4.78, 5) is 5.50. The van der Waals surface area contributed by atoms with Crippen molar-refractivity contribution >= 4 is 11.4 Å². The van der Waals surface area contributed by atoms with Gasteiger partial charge in [0.25, 0.3) is 0 Å². The molecule has 2 heteroatoms. The van der Waals surface area contributed by atoms with Gasteiger partial charge < -0.3 is 9.80 Å². The first-order valence-corrected chi connectivity index (χ1v) is 20.5. The monoisotopic (exact) mass is 724 g/mol. The Hall–Kier alpha value is -5.08. The van der Waals surface area contributed by atoms with Crippen molar-refractivity contribution < 1.29 is 0 Å². The van der Waals surface area contributed by atoms with Gasteiger partial charge in [0.1, 0.15) is 0 Å². The van der Waals surface area contributed by atoms with E-state index in [1.54, 1.807) is 0 Å². The van der Waals surface area contributed by atoms with Crippen molar-refractivity contribution in [2.45, 2.75) is 92.9 Å². The van der Waals surface area contributed by atoms with Gasteiger partial charge in [-0.05, 0) is 119 Å². The quantitative estimate of drug-likeness (QED) is 0.139. The van der Waals surface area contributed by atoms with Crippen molar-refractivity contribution in [3.63, 3.8) is 0 Å². The van der Waals surface area contributed by atoms with Gasteiger partial charge in [-0.1, -0.05) is 149 Å². The summed E-state index contributed by atoms with van der Waals surface area (Å²) >= 11 is 0. The Balaban J connectivity index is 1.45. The first-order chi connectivity index (χ1) is 26.5. The molecule has 1 fully saturated rings. The molecule has 0 saturated carbocycles. The van der Waals surface area contributed by atoms with Crippen LogP contribution in [-0.2, 0) is 0 Å². The minimum atomic E-state index is 0.248. The van der Waals surface area contributed by atoms with Crippen LogP contribution in [0.3, 0.4) is 0 Å². The molecule has 0 aromatic heterocycles. The van der Waals surface area contributed by atoms with E-state index >= 15 is 0 Å². The number of rotatable bonds is 10. The van der Waals surface area contributed by atoms with E-state index in [0.29, 0.717) is 0 Å². The van der Waals surface area contributed by atoms with E-state index < -0.39 is 0 Å². The van der Waals surface area contributed by atoms with Crippen molar-refractivity contribution in [1.82, 2.24) is 0 Å². The molecule has 0 spiro atoms. The van der Waals surface area contributed by atoms with Gasteiger partial charge in [-0.25, -0.2) is 0 Å². The maximum Gasteiger partial charge on any atom is 0.0904 e. The van der Waals surface area contributed by atoms with Crippen molar-refractivity contribution in [2.75, 3.05) is 29.6 Å². The highest BCUT2D eigenvalue weighted by molar-refractivity contribution is 5.76. The van der Waals surface area contributed by atoms with Crippen LogP contribution in [0, 0.1) is 41.5 Å². The molecule has 0 aliphatic carbocycles. The average Bonchev–Trinajstić information content (AvgIpc) is 3.72. The highest BCUT2D eigenvalue weighted by Gasteiger charge is 2.35. The molecule has 1 aliphatic heterocycles. The molecule has 0 amide bonds. The Morgan fingerprint density at radius 1 is 0.327 bits per heavy atom. The van der Waals surface area contributed by atoms with Crippen molar-refractivity contribution in [3.05, 3.63) is 199 Å². The number of nitrogens with zero attached hydrogens (tertiary/aromatic N) is 2. The zero-order chi connectivity index (χ0) is 39.0. The minimum Gasteiger partial charge on any atom is -0.352 e. The molecule has 55 heavy (non-hydrogen) atoms. The zero-order valence-corrected chi connectivity index (χ0v) is 34.9. The van der Waals surface area contributed by atoms with Crippen LogP contribution in [0.4, 0.5) is 11.4 Å². The molecule has 282 valence electrons. The van der Waals surface area contributed by atoms with E-state index in [1.165, 1.54) is 89.3 Å². The fourth-order valence-electron chi connectivity index (χ4n) is 9.76. The molecule has 0 bridgehead atoms. The maximum atomic E-state index is 2.75. The third-order valence-electron chi connectivity index (χ3n) is 13.4. The summed E-state index contributed by atoms with van der Waals surface area (Å²) in [5.41, 5.74) is 22.8. The van der Waals surface area contributed by atoms with Crippen LogP contribution in [0.1, 0.15) is 129 Å². The summed E-state index contributed by atoms with van der Waals surface area (Å²) in [6.07, 6.45) is 0. The molecule has 6 aromatic carbocycles. The first-order valence-electron chi connectivity index (χ1n) is 20.5. The molecule has 0 unspecified atom stereocenters. The zero-order valence-electron chi connectivity index (χ0n) is 34.9. The molecule has 1 heterocycles. The predicted molar refractivity (Wildman–Crippen MR) is 237 cm³/mol. The van der Waals surface area contributed by atoms with Gasteiger partial charge in [0.05, 0.1) is 6.67 Å². The van der Waals surface area contributed by atoms with Gasteiger partial charge in [0.2, 0.25) is 0 Å². The van der Waals surface area contributed by atoms with Crippen LogP contribution in [-0.4, -0.2) is 19.8 Å². The van der Waals surface area contributed by atoms with Crippen LogP contribution in [0.5, 0.6) is 0 Å². The lowest BCUT2D eigenvalue weighted by atomic mass is 9.78. The number of anilines is 2. The molecule has 2 nitrogen and oxygen atoms in total. The van der Waals surface area contributed by atoms with Crippen molar-refractivity contribution in [2.24, 2.45) is 0 Å². The second kappa shape index (κ2) is 16.0. The number of benzene rings is 6. The van der Waals surface area contributed by atoms with E-state index in [9.17, 15) is 0 Å². The summed E-state index contributed by atoms with van der Waals surface area (Å²) < 4.78 is 0. The van der Waals surface area contributed by atoms with Gasteiger partial charge in [-0.15, -0.1) is 0 Å². The molecule has 0 radical (unpaired) electrons. The lowest BCUT2D eigenvalue weighted by Gasteiger charge is -2.36. The Morgan fingerprint density at radius 3 is 0.764 bits per heavy atom. The Morgan fingerprint density at radius 2 is 0.545 bits per heavy atom. The summed E-state index contributed by atoms with van der Waals surface area (Å²) in [7, 11) is 0. The van der Waals surface area contributed by atoms with Crippen molar-refractivity contribution in [3.8, 4) is 0 Å². The number of hydrogen-bond donors (Lipinski definition) is 0. The summed E-state index contributed by atoms with van der Waals surface area (Å²) in [5, 5.41) is 0. The van der Waals surface area contributed by atoms with Gasteiger partial charge in [-0.2, -0.15) is 0 Å². The van der Waals surface area contributed by atoms with E-state index in [0.717, 1.165) is 19.8 Å². The molecule has 1 aliphatic rings. The van der Waals surface area contributed by atoms with Crippen molar-refractivity contribution in [1.29, 1.82) is 0 Å². The molecular weight excluding hydrogens is 665 g/mol. The molecular formula is C53H60N2. The smallest absolute Gasteiger partial charge is 0.0904 e. The minimum absolute atomic E-state index is 0.248. The van der Waals surface area contributed by atoms with E-state index in [4.69, 9.17) is 0 Å². The maximum absolute atomic E-state index is 2.75. The lowest BCUT2D eigenvalue weighted by Crippen LogP contribution is -2.30. The summed E-state index contributed by atoms with van der Waals surface area (Å²) in [6, 6.07) is 44.6. The van der Waals surface area contributed by atoms with Crippen LogP contribution >= 0.6 is 0 Å². The summed E-state index contributed by atoms with van der Waals surface area (Å²) in [6.45, 7) is 26.7. The summed E-state index contributed by atoms with van der Waals surface area (Å²) in [5.74, 6) is 0.991. The predicted octanol–water partition coefficient (Wildman–Crippen LogP) is 13.4. The van der Waals surface area contributed by atoms with E-state index in [2.05, 4.69) is 200 Å². The Kier molecular flexibility index (Phi) is 11.1. The topological polar surface area (TPSA) is 6.48 Å². The fraction of sp³-hybridized carbons (Fsp3) is 0.321. The fourth-order valence-corrected chi connectivity index (χ4v) is 9.76. The largest absolute Gasteiger partial charge is 0.352 e. The van der Waals surface area contributed by atoms with Gasteiger partial charge in [-0.3, -0.25) is 0 Å². The molecule has 7 rings (SSSR count). The second-order valence-electron chi connectivity index (χ2n) is 16.3. The van der Waals surface area contributed by atoms with Crippen LogP contribution in [0.15, 0.2) is 121 Å². The van der Waals surface area contributed by atoms with Gasteiger partial charge in [0, 0.05) is 48.1 Å². The molecule has 0 N–H and O–H groups in total. The van der Waals surface area contributed by atoms with E-state index in [1.807, 2.05) is 0 Å². The normalized spacial score (nSPS) is 15.2. The molecule has 1 saturated heterocycles. The van der Waals surface area contributed by atoms with Gasteiger partial charge in [0.15, 0.2) is 0 Å². The van der Waals surface area contributed by atoms with Crippen LogP contribution in [0.25, 0.3) is 0 Å². The van der Waals surface area contributed by atoms with E-state index in [-0.39, 0.29) is 23.7 Å². The average molecular weight is 725 g/mol. The molecule has 6 aromatic rings.